The minimum Gasteiger partial charge on any atom is -0.494 e. The largest absolute Gasteiger partial charge is 0.494 e. The first-order chi connectivity index (χ1) is 12.3. The zero-order valence-corrected chi connectivity index (χ0v) is 16.6. The normalized spacial score (nSPS) is 15.7. The van der Waals surface area contributed by atoms with E-state index in [1.165, 1.54) is 52.9 Å². The van der Waals surface area contributed by atoms with Crippen molar-refractivity contribution < 1.29 is 9.47 Å². The van der Waals surface area contributed by atoms with Gasteiger partial charge in [0.1, 0.15) is 11.5 Å². The maximum absolute atomic E-state index is 6.21. The van der Waals surface area contributed by atoms with E-state index < -0.39 is 0 Å². The van der Waals surface area contributed by atoms with Gasteiger partial charge in [0.25, 0.3) is 0 Å². The van der Waals surface area contributed by atoms with Crippen LogP contribution in [-0.4, -0.2) is 24.7 Å². The topological polar surface area (TPSA) is 18.5 Å². The van der Waals surface area contributed by atoms with Crippen molar-refractivity contribution in [3.8, 4) is 11.5 Å². The molecular weight excluding hydrogens is 328 g/mol. The van der Waals surface area contributed by atoms with Crippen LogP contribution in [-0.2, 0) is 0 Å². The summed E-state index contributed by atoms with van der Waals surface area (Å²) in [4.78, 5) is 1.49. The molecule has 25 heavy (non-hydrogen) atoms. The molecule has 0 unspecified atom stereocenters. The van der Waals surface area contributed by atoms with Crippen LogP contribution in [0.5, 0.6) is 11.5 Å². The van der Waals surface area contributed by atoms with Crippen molar-refractivity contribution in [2.45, 2.75) is 57.3 Å². The quantitative estimate of drug-likeness (QED) is 0.415. The molecule has 0 aliphatic carbocycles. The number of hydrogen-bond donors (Lipinski definition) is 1. The van der Waals surface area contributed by atoms with E-state index in [1.54, 1.807) is 0 Å². The Bertz CT molecular complexity index is 672. The highest BCUT2D eigenvalue weighted by molar-refractivity contribution is 8.17. The van der Waals surface area contributed by atoms with E-state index in [0.29, 0.717) is 0 Å². The predicted octanol–water partition coefficient (Wildman–Crippen LogP) is 6.35. The van der Waals surface area contributed by atoms with Gasteiger partial charge in [0, 0.05) is 10.3 Å². The van der Waals surface area contributed by atoms with Crippen LogP contribution < -0.4 is 9.47 Å². The van der Waals surface area contributed by atoms with Crippen LogP contribution in [0.25, 0.3) is 10.8 Å². The third-order valence-electron chi connectivity index (χ3n) is 4.87. The Morgan fingerprint density at radius 1 is 0.880 bits per heavy atom. The monoisotopic (exact) mass is 360 g/mol. The highest BCUT2D eigenvalue weighted by Crippen LogP contribution is 2.51. The zero-order valence-electron chi connectivity index (χ0n) is 15.7. The highest BCUT2D eigenvalue weighted by Gasteiger charge is 2.20. The maximum atomic E-state index is 6.21. The fraction of sp³-hybridized carbons (Fsp3) is 0.545. The first kappa shape index (κ1) is 18.4. The average Bonchev–Trinajstić information content (AvgIpc) is 3.16. The lowest BCUT2D eigenvalue weighted by molar-refractivity contribution is 0.303. The van der Waals surface area contributed by atoms with Crippen molar-refractivity contribution in [2.75, 3.05) is 24.7 Å². The lowest BCUT2D eigenvalue weighted by atomic mass is 10.1. The molecule has 1 aliphatic heterocycles. The first-order valence-electron chi connectivity index (χ1n) is 9.90. The van der Waals surface area contributed by atoms with Crippen LogP contribution in [0.2, 0.25) is 0 Å². The Balaban J connectivity index is 1.95. The predicted molar refractivity (Wildman–Crippen MR) is 111 cm³/mol. The minimum atomic E-state index is -0.0906. The molecule has 0 spiro atoms. The number of ether oxygens (including phenoxy) is 2. The number of unbranched alkanes of at least 4 members (excludes halogenated alkanes) is 2. The van der Waals surface area contributed by atoms with Gasteiger partial charge >= 0.3 is 0 Å². The number of benzene rings is 2. The molecule has 2 nitrogen and oxygen atoms in total. The second kappa shape index (κ2) is 9.38. The fourth-order valence-electron chi connectivity index (χ4n) is 3.40. The van der Waals surface area contributed by atoms with Gasteiger partial charge in [-0.2, -0.15) is 0 Å². The Labute approximate surface area is 155 Å². The van der Waals surface area contributed by atoms with Crippen molar-refractivity contribution in [3.63, 3.8) is 0 Å². The smallest absolute Gasteiger partial charge is 0.131 e. The van der Waals surface area contributed by atoms with Crippen LogP contribution in [0.1, 0.15) is 52.4 Å². The van der Waals surface area contributed by atoms with Crippen molar-refractivity contribution in [1.29, 1.82) is 0 Å². The summed E-state index contributed by atoms with van der Waals surface area (Å²) in [5.41, 5.74) is 0. The Hall–Kier alpha value is -1.35. The van der Waals surface area contributed by atoms with E-state index in [4.69, 9.17) is 9.47 Å². The summed E-state index contributed by atoms with van der Waals surface area (Å²) in [5, 5.41) is 2.67. The van der Waals surface area contributed by atoms with Gasteiger partial charge in [0.05, 0.1) is 13.2 Å². The van der Waals surface area contributed by atoms with Gasteiger partial charge in [-0.3, -0.25) is 0 Å². The molecule has 0 radical (unpaired) electrons. The van der Waals surface area contributed by atoms with E-state index in [0.717, 1.165) is 37.6 Å². The molecular formula is C22H32O2S. The fourth-order valence-corrected chi connectivity index (χ4v) is 6.26. The van der Waals surface area contributed by atoms with Gasteiger partial charge in [0.2, 0.25) is 0 Å². The zero-order chi connectivity index (χ0) is 17.5. The first-order valence-corrected chi connectivity index (χ1v) is 11.6. The molecule has 3 rings (SSSR count). The third-order valence-corrected chi connectivity index (χ3v) is 7.68. The molecule has 1 fully saturated rings. The second-order valence-corrected chi connectivity index (χ2v) is 9.31. The molecule has 0 atom stereocenters. The summed E-state index contributed by atoms with van der Waals surface area (Å²) < 4.78 is 12.2. The molecule has 2 aromatic rings. The number of rotatable bonds is 9. The van der Waals surface area contributed by atoms with E-state index >= 15 is 0 Å². The van der Waals surface area contributed by atoms with Gasteiger partial charge < -0.3 is 9.47 Å². The van der Waals surface area contributed by atoms with Crippen molar-refractivity contribution in [2.24, 2.45) is 0 Å². The van der Waals surface area contributed by atoms with Gasteiger partial charge in [-0.1, -0.05) is 38.8 Å². The Kier molecular flexibility index (Phi) is 6.92. The lowest BCUT2D eigenvalue weighted by Gasteiger charge is -2.22. The molecule has 2 aromatic carbocycles. The van der Waals surface area contributed by atoms with Gasteiger partial charge in [-0.25, -0.2) is 10.9 Å². The molecule has 1 aliphatic rings. The molecule has 3 heteroatoms. The lowest BCUT2D eigenvalue weighted by Crippen LogP contribution is -2.01. The van der Waals surface area contributed by atoms with Crippen molar-refractivity contribution >= 4 is 21.7 Å². The van der Waals surface area contributed by atoms with Crippen LogP contribution in [0.4, 0.5) is 0 Å². The average molecular weight is 361 g/mol. The van der Waals surface area contributed by atoms with E-state index in [-0.39, 0.29) is 10.9 Å². The molecule has 0 amide bonds. The van der Waals surface area contributed by atoms with Crippen molar-refractivity contribution in [1.82, 2.24) is 0 Å². The third kappa shape index (κ3) is 4.63. The van der Waals surface area contributed by atoms with Crippen LogP contribution in [0, 0.1) is 0 Å². The molecule has 0 bridgehead atoms. The maximum Gasteiger partial charge on any atom is 0.131 e. The molecule has 1 saturated heterocycles. The molecule has 0 aromatic heterocycles. The second-order valence-electron chi connectivity index (χ2n) is 6.89. The van der Waals surface area contributed by atoms with Gasteiger partial charge in [-0.15, -0.1) is 0 Å². The van der Waals surface area contributed by atoms with Crippen LogP contribution in [0.3, 0.4) is 0 Å². The summed E-state index contributed by atoms with van der Waals surface area (Å²) in [6.45, 7) is 6.04. The Morgan fingerprint density at radius 3 is 2.28 bits per heavy atom. The molecule has 1 heterocycles. The summed E-state index contributed by atoms with van der Waals surface area (Å²) in [7, 11) is -0.0906. The summed E-state index contributed by atoms with van der Waals surface area (Å²) >= 11 is 0. The van der Waals surface area contributed by atoms with Crippen LogP contribution in [0.15, 0.2) is 35.2 Å². The Morgan fingerprint density at radius 2 is 1.56 bits per heavy atom. The highest BCUT2D eigenvalue weighted by atomic mass is 32.2. The van der Waals surface area contributed by atoms with E-state index in [9.17, 15) is 0 Å². The van der Waals surface area contributed by atoms with Gasteiger partial charge in [-0.05, 0) is 60.8 Å². The SMILES string of the molecule is CCCCOc1ccc2ccc(OCCCC)c([SH]3CCCC3)c2c1. The number of hydrogen-bond acceptors (Lipinski definition) is 2. The summed E-state index contributed by atoms with van der Waals surface area (Å²) in [5.74, 6) is 4.82. The van der Waals surface area contributed by atoms with E-state index in [2.05, 4.69) is 44.2 Å². The van der Waals surface area contributed by atoms with Gasteiger partial charge in [0.15, 0.2) is 0 Å². The van der Waals surface area contributed by atoms with E-state index in [1.807, 2.05) is 0 Å². The van der Waals surface area contributed by atoms with Crippen LogP contribution >= 0.6 is 10.9 Å². The molecule has 138 valence electrons. The minimum absolute atomic E-state index is 0.0906. The standard InChI is InChI=1S/C22H32O2S/c1-3-5-13-23-19-11-9-18-10-12-21(24-14-6-4-2)22(20(18)17-19)25-15-7-8-16-25/h9-12,17,25H,3-8,13-16H2,1-2H3. The molecule has 0 saturated carbocycles. The number of thiol groups is 1. The van der Waals surface area contributed by atoms with Crippen molar-refractivity contribution in [3.05, 3.63) is 30.3 Å². The molecule has 0 N–H and O–H groups in total. The summed E-state index contributed by atoms with van der Waals surface area (Å²) in [6.07, 6.45) is 7.30. The summed E-state index contributed by atoms with van der Waals surface area (Å²) in [6, 6.07) is 11.0. The number of fused-ring (bicyclic) bond motifs is 1.